The highest BCUT2D eigenvalue weighted by Gasteiger charge is 2.09. The number of halogens is 1. The number of amides is 1. The second-order valence-electron chi connectivity index (χ2n) is 4.66. The Labute approximate surface area is 124 Å². The molecule has 7 heteroatoms. The van der Waals surface area contributed by atoms with Crippen LogP contribution in [0, 0.1) is 5.92 Å². The Morgan fingerprint density at radius 3 is 2.80 bits per heavy atom. The Morgan fingerprint density at radius 2 is 2.15 bits per heavy atom. The Hall–Kier alpha value is -1.63. The number of carboxylic acids is 1. The molecule has 0 radical (unpaired) electrons. The first-order valence-electron chi connectivity index (χ1n) is 6.23. The van der Waals surface area contributed by atoms with E-state index in [1.165, 1.54) is 10.6 Å². The highest BCUT2D eigenvalue weighted by Crippen LogP contribution is 2.05. The summed E-state index contributed by atoms with van der Waals surface area (Å²) in [6.45, 7) is 2.22. The molecule has 1 amide bonds. The van der Waals surface area contributed by atoms with Gasteiger partial charge in [-0.3, -0.25) is 14.4 Å². The lowest BCUT2D eigenvalue weighted by atomic mass is 10.1. The second kappa shape index (κ2) is 7.84. The van der Waals surface area contributed by atoms with Crippen LogP contribution in [0.4, 0.5) is 0 Å². The molecule has 1 heterocycles. The SMILES string of the molecule is CC(CCC(=O)O)CNC(=O)Cn1cc(Br)ccc1=O. The van der Waals surface area contributed by atoms with Crippen molar-refractivity contribution in [2.45, 2.75) is 26.3 Å². The molecular weight excluding hydrogens is 328 g/mol. The molecule has 0 aliphatic carbocycles. The molecule has 6 nitrogen and oxygen atoms in total. The van der Waals surface area contributed by atoms with Gasteiger partial charge in [0.25, 0.3) is 5.56 Å². The van der Waals surface area contributed by atoms with Crippen molar-refractivity contribution in [1.29, 1.82) is 0 Å². The zero-order valence-corrected chi connectivity index (χ0v) is 12.7. The highest BCUT2D eigenvalue weighted by molar-refractivity contribution is 9.10. The fraction of sp³-hybridized carbons (Fsp3) is 0.462. The van der Waals surface area contributed by atoms with Crippen LogP contribution in [0.5, 0.6) is 0 Å². The van der Waals surface area contributed by atoms with Gasteiger partial charge in [0.2, 0.25) is 5.91 Å². The van der Waals surface area contributed by atoms with Crippen molar-refractivity contribution in [3.8, 4) is 0 Å². The predicted octanol–water partition coefficient (Wildman–Crippen LogP) is 1.23. The van der Waals surface area contributed by atoms with Crippen molar-refractivity contribution < 1.29 is 14.7 Å². The van der Waals surface area contributed by atoms with E-state index >= 15 is 0 Å². The Morgan fingerprint density at radius 1 is 1.45 bits per heavy atom. The highest BCUT2D eigenvalue weighted by atomic mass is 79.9. The molecule has 1 atom stereocenters. The van der Waals surface area contributed by atoms with E-state index in [1.807, 2.05) is 6.92 Å². The molecule has 110 valence electrons. The molecule has 0 aliphatic rings. The van der Waals surface area contributed by atoms with Crippen LogP contribution in [0.15, 0.2) is 27.6 Å². The molecule has 0 saturated carbocycles. The van der Waals surface area contributed by atoms with Crippen molar-refractivity contribution in [3.05, 3.63) is 33.2 Å². The molecule has 0 fully saturated rings. The van der Waals surface area contributed by atoms with Crippen LogP contribution in [0.2, 0.25) is 0 Å². The molecule has 0 bridgehead atoms. The molecular formula is C13H17BrN2O4. The number of nitrogens with one attached hydrogen (secondary N) is 1. The van der Waals surface area contributed by atoms with Crippen LogP contribution >= 0.6 is 15.9 Å². The topological polar surface area (TPSA) is 88.4 Å². The third-order valence-corrected chi connectivity index (χ3v) is 3.23. The van der Waals surface area contributed by atoms with Crippen molar-refractivity contribution in [2.75, 3.05) is 6.54 Å². The average molecular weight is 345 g/mol. The van der Waals surface area contributed by atoms with Crippen LogP contribution in [0.1, 0.15) is 19.8 Å². The minimum Gasteiger partial charge on any atom is -0.481 e. The third-order valence-electron chi connectivity index (χ3n) is 2.76. The van der Waals surface area contributed by atoms with Gasteiger partial charge in [0.15, 0.2) is 0 Å². The molecule has 20 heavy (non-hydrogen) atoms. The van der Waals surface area contributed by atoms with Crippen LogP contribution in [-0.4, -0.2) is 28.1 Å². The van der Waals surface area contributed by atoms with Crippen molar-refractivity contribution in [1.82, 2.24) is 9.88 Å². The van der Waals surface area contributed by atoms with Crippen LogP contribution in [-0.2, 0) is 16.1 Å². The maximum Gasteiger partial charge on any atom is 0.303 e. The number of aliphatic carboxylic acids is 1. The van der Waals surface area contributed by atoms with Gasteiger partial charge in [-0.05, 0) is 34.3 Å². The molecule has 1 unspecified atom stereocenters. The van der Waals surface area contributed by atoms with E-state index in [4.69, 9.17) is 5.11 Å². The number of carbonyl (C=O) groups excluding carboxylic acids is 1. The summed E-state index contributed by atoms with van der Waals surface area (Å²) in [5, 5.41) is 11.3. The first-order chi connectivity index (χ1) is 9.38. The maximum atomic E-state index is 11.7. The summed E-state index contributed by atoms with van der Waals surface area (Å²) < 4.78 is 2.03. The minimum atomic E-state index is -0.844. The fourth-order valence-corrected chi connectivity index (χ4v) is 1.98. The quantitative estimate of drug-likeness (QED) is 0.778. The number of rotatable bonds is 7. The van der Waals surface area contributed by atoms with E-state index in [0.29, 0.717) is 13.0 Å². The van der Waals surface area contributed by atoms with Gasteiger partial charge in [-0.2, -0.15) is 0 Å². The summed E-state index contributed by atoms with van der Waals surface area (Å²) in [4.78, 5) is 33.7. The second-order valence-corrected chi connectivity index (χ2v) is 5.57. The lowest BCUT2D eigenvalue weighted by molar-refractivity contribution is -0.137. The summed E-state index contributed by atoms with van der Waals surface area (Å²) in [6, 6.07) is 3.00. The first kappa shape index (κ1) is 16.4. The number of aromatic nitrogens is 1. The van der Waals surface area contributed by atoms with E-state index in [2.05, 4.69) is 21.2 Å². The van der Waals surface area contributed by atoms with Crippen LogP contribution in [0.3, 0.4) is 0 Å². The predicted molar refractivity (Wildman–Crippen MR) is 77.4 cm³/mol. The van der Waals surface area contributed by atoms with E-state index in [1.54, 1.807) is 12.3 Å². The molecule has 1 rings (SSSR count). The van der Waals surface area contributed by atoms with E-state index in [0.717, 1.165) is 4.47 Å². The number of carboxylic acid groups (broad SMARTS) is 1. The number of pyridine rings is 1. The summed E-state index contributed by atoms with van der Waals surface area (Å²) in [5.41, 5.74) is -0.248. The third kappa shape index (κ3) is 6.01. The zero-order valence-electron chi connectivity index (χ0n) is 11.1. The molecule has 1 aromatic heterocycles. The molecule has 0 aromatic carbocycles. The van der Waals surface area contributed by atoms with Gasteiger partial charge in [0.05, 0.1) is 0 Å². The van der Waals surface area contributed by atoms with E-state index in [-0.39, 0.29) is 30.3 Å². The normalized spacial score (nSPS) is 11.9. The van der Waals surface area contributed by atoms with Gasteiger partial charge >= 0.3 is 5.97 Å². The van der Waals surface area contributed by atoms with Crippen molar-refractivity contribution in [3.63, 3.8) is 0 Å². The number of hydrogen-bond acceptors (Lipinski definition) is 3. The Bertz CT molecular complexity index is 541. The van der Waals surface area contributed by atoms with Gasteiger partial charge in [-0.25, -0.2) is 0 Å². The van der Waals surface area contributed by atoms with Gasteiger partial charge in [0.1, 0.15) is 6.54 Å². The Kier molecular flexibility index (Phi) is 6.44. The van der Waals surface area contributed by atoms with Gasteiger partial charge in [-0.15, -0.1) is 0 Å². The molecule has 2 N–H and O–H groups in total. The first-order valence-corrected chi connectivity index (χ1v) is 7.02. The smallest absolute Gasteiger partial charge is 0.303 e. The lowest BCUT2D eigenvalue weighted by Crippen LogP contribution is -2.34. The van der Waals surface area contributed by atoms with Gasteiger partial charge in [0, 0.05) is 29.7 Å². The standard InChI is InChI=1S/C13H17BrN2O4/c1-9(2-5-13(19)20)6-15-11(17)8-16-7-10(14)3-4-12(16)18/h3-4,7,9H,2,5-6,8H2,1H3,(H,15,17)(H,19,20). The molecule has 0 spiro atoms. The fourth-order valence-electron chi connectivity index (χ4n) is 1.60. The summed E-state index contributed by atoms with van der Waals surface area (Å²) >= 11 is 3.24. The van der Waals surface area contributed by atoms with E-state index < -0.39 is 5.97 Å². The number of hydrogen-bond donors (Lipinski definition) is 2. The minimum absolute atomic E-state index is 0.0517. The summed E-state index contributed by atoms with van der Waals surface area (Å²) in [6.07, 6.45) is 2.14. The molecule has 1 aromatic rings. The van der Waals surface area contributed by atoms with Gasteiger partial charge < -0.3 is 15.0 Å². The van der Waals surface area contributed by atoms with Crippen LogP contribution in [0.25, 0.3) is 0 Å². The maximum absolute atomic E-state index is 11.7. The van der Waals surface area contributed by atoms with Crippen LogP contribution < -0.4 is 10.9 Å². The monoisotopic (exact) mass is 344 g/mol. The average Bonchev–Trinajstić information content (AvgIpc) is 2.38. The summed E-state index contributed by atoms with van der Waals surface area (Å²) in [7, 11) is 0. The van der Waals surface area contributed by atoms with Crippen molar-refractivity contribution >= 4 is 27.8 Å². The van der Waals surface area contributed by atoms with Gasteiger partial charge in [-0.1, -0.05) is 6.92 Å². The molecule has 0 aliphatic heterocycles. The largest absolute Gasteiger partial charge is 0.481 e. The lowest BCUT2D eigenvalue weighted by Gasteiger charge is -2.12. The molecule has 0 saturated heterocycles. The van der Waals surface area contributed by atoms with Crippen molar-refractivity contribution in [2.24, 2.45) is 5.92 Å². The number of carbonyl (C=O) groups is 2. The number of nitrogens with zero attached hydrogens (tertiary/aromatic N) is 1. The summed E-state index contributed by atoms with van der Waals surface area (Å²) in [5.74, 6) is -1.04. The Balaban J connectivity index is 2.42. The van der Waals surface area contributed by atoms with E-state index in [9.17, 15) is 14.4 Å². The zero-order chi connectivity index (χ0) is 15.1.